The highest BCUT2D eigenvalue weighted by Gasteiger charge is 2.21. The minimum Gasteiger partial charge on any atom is -0.496 e. The molecule has 0 unspecified atom stereocenters. The number of aliphatic hydroxyl groups is 1. The quantitative estimate of drug-likeness (QED) is 0.857. The predicted octanol–water partition coefficient (Wildman–Crippen LogP) is 2.49. The summed E-state index contributed by atoms with van der Waals surface area (Å²) in [5.74, 6) is 1.49. The lowest BCUT2D eigenvalue weighted by molar-refractivity contribution is 0.272. The van der Waals surface area contributed by atoms with E-state index < -0.39 is 0 Å². The molecular formula is C13H20O3. The van der Waals surface area contributed by atoms with E-state index in [-0.39, 0.29) is 12.0 Å². The van der Waals surface area contributed by atoms with E-state index in [1.165, 1.54) is 0 Å². The molecule has 0 spiro atoms. The molecule has 0 amide bonds. The molecule has 1 N–H and O–H groups in total. The first-order valence-electron chi connectivity index (χ1n) is 5.30. The van der Waals surface area contributed by atoms with Crippen molar-refractivity contribution in [2.24, 2.45) is 0 Å². The summed E-state index contributed by atoms with van der Waals surface area (Å²) in [5.41, 5.74) is 1.79. The molecule has 1 aromatic carbocycles. The molecule has 0 saturated carbocycles. The van der Waals surface area contributed by atoms with Crippen LogP contribution in [0, 0.1) is 0 Å². The zero-order valence-corrected chi connectivity index (χ0v) is 10.6. The third-order valence-corrected chi connectivity index (χ3v) is 2.58. The van der Waals surface area contributed by atoms with E-state index in [4.69, 9.17) is 9.47 Å². The van der Waals surface area contributed by atoms with E-state index in [2.05, 4.69) is 20.8 Å². The van der Waals surface area contributed by atoms with Gasteiger partial charge in [-0.05, 0) is 17.5 Å². The second kappa shape index (κ2) is 4.74. The van der Waals surface area contributed by atoms with Crippen LogP contribution < -0.4 is 9.47 Å². The summed E-state index contributed by atoms with van der Waals surface area (Å²) in [7, 11) is 3.24. The van der Waals surface area contributed by atoms with Gasteiger partial charge in [0.25, 0.3) is 0 Å². The van der Waals surface area contributed by atoms with Gasteiger partial charge in [-0.15, -0.1) is 0 Å². The summed E-state index contributed by atoms with van der Waals surface area (Å²) >= 11 is 0. The van der Waals surface area contributed by atoms with E-state index in [0.29, 0.717) is 5.75 Å². The molecule has 0 aliphatic heterocycles. The van der Waals surface area contributed by atoms with E-state index in [9.17, 15) is 5.11 Å². The molecule has 1 aromatic rings. The molecule has 3 nitrogen and oxygen atoms in total. The Hall–Kier alpha value is -1.22. The largest absolute Gasteiger partial charge is 0.496 e. The molecule has 0 saturated heterocycles. The van der Waals surface area contributed by atoms with Gasteiger partial charge in [0.05, 0.1) is 20.8 Å². The Balaban J connectivity index is 3.38. The van der Waals surface area contributed by atoms with Crippen molar-refractivity contribution >= 4 is 0 Å². The van der Waals surface area contributed by atoms with Crippen LogP contribution in [0.2, 0.25) is 0 Å². The van der Waals surface area contributed by atoms with Crippen LogP contribution in [0.4, 0.5) is 0 Å². The molecule has 0 heterocycles. The highest BCUT2D eigenvalue weighted by molar-refractivity contribution is 5.49. The molecule has 0 aliphatic rings. The lowest BCUT2D eigenvalue weighted by atomic mass is 9.85. The fraction of sp³-hybridized carbons (Fsp3) is 0.538. The molecule has 16 heavy (non-hydrogen) atoms. The number of hydrogen-bond acceptors (Lipinski definition) is 3. The maximum absolute atomic E-state index is 9.23. The van der Waals surface area contributed by atoms with Crippen molar-refractivity contribution < 1.29 is 14.6 Å². The van der Waals surface area contributed by atoms with Gasteiger partial charge in [-0.3, -0.25) is 0 Å². The number of rotatable bonds is 3. The maximum atomic E-state index is 9.23. The smallest absolute Gasteiger partial charge is 0.124 e. The summed E-state index contributed by atoms with van der Waals surface area (Å²) in [6, 6.07) is 3.77. The summed E-state index contributed by atoms with van der Waals surface area (Å²) < 4.78 is 10.6. The van der Waals surface area contributed by atoms with Crippen molar-refractivity contribution in [3.05, 3.63) is 23.3 Å². The van der Waals surface area contributed by atoms with E-state index in [1.54, 1.807) is 14.2 Å². The highest BCUT2D eigenvalue weighted by Crippen LogP contribution is 2.36. The van der Waals surface area contributed by atoms with Gasteiger partial charge in [0.15, 0.2) is 0 Å². The molecule has 0 radical (unpaired) electrons. The second-order valence-corrected chi connectivity index (χ2v) is 4.77. The Labute approximate surface area is 97.0 Å². The molecule has 0 atom stereocenters. The number of aliphatic hydroxyl groups excluding tert-OH is 1. The first kappa shape index (κ1) is 12.8. The molecule has 1 rings (SSSR count). The van der Waals surface area contributed by atoms with Crippen molar-refractivity contribution in [2.45, 2.75) is 32.8 Å². The SMILES string of the molecule is COc1cc(C(C)(C)C)c(OC)cc1CO. The fourth-order valence-corrected chi connectivity index (χ4v) is 1.67. The Morgan fingerprint density at radius 3 is 2.00 bits per heavy atom. The van der Waals surface area contributed by atoms with Crippen molar-refractivity contribution in [3.63, 3.8) is 0 Å². The second-order valence-electron chi connectivity index (χ2n) is 4.77. The van der Waals surface area contributed by atoms with E-state index >= 15 is 0 Å². The Kier molecular flexibility index (Phi) is 3.81. The van der Waals surface area contributed by atoms with Gasteiger partial charge in [0.1, 0.15) is 11.5 Å². The Morgan fingerprint density at radius 2 is 1.62 bits per heavy atom. The zero-order chi connectivity index (χ0) is 12.3. The van der Waals surface area contributed by atoms with Crippen molar-refractivity contribution in [1.29, 1.82) is 0 Å². The fourth-order valence-electron chi connectivity index (χ4n) is 1.67. The normalized spacial score (nSPS) is 11.4. The molecule has 0 aliphatic carbocycles. The summed E-state index contributed by atoms with van der Waals surface area (Å²) in [4.78, 5) is 0. The van der Waals surface area contributed by atoms with Crippen LogP contribution in [0.25, 0.3) is 0 Å². The van der Waals surface area contributed by atoms with Crippen LogP contribution in [0.3, 0.4) is 0 Å². The average molecular weight is 224 g/mol. The van der Waals surface area contributed by atoms with Gasteiger partial charge in [-0.25, -0.2) is 0 Å². The van der Waals surface area contributed by atoms with Gasteiger partial charge in [0, 0.05) is 11.1 Å². The third kappa shape index (κ3) is 2.47. The first-order chi connectivity index (χ1) is 7.43. The molecule has 0 bridgehead atoms. The van der Waals surface area contributed by atoms with Gasteiger partial charge >= 0.3 is 0 Å². The first-order valence-corrected chi connectivity index (χ1v) is 5.30. The van der Waals surface area contributed by atoms with Crippen molar-refractivity contribution in [3.8, 4) is 11.5 Å². The minimum atomic E-state index is -0.0516. The Morgan fingerprint density at radius 1 is 1.06 bits per heavy atom. The standard InChI is InChI=1S/C13H20O3/c1-13(2,3)10-7-11(15-4)9(8-14)6-12(10)16-5/h6-7,14H,8H2,1-5H3. The molecule has 0 fully saturated rings. The predicted molar refractivity (Wildman–Crippen MR) is 64.2 cm³/mol. The number of hydrogen-bond donors (Lipinski definition) is 1. The van der Waals surface area contributed by atoms with Gasteiger partial charge in [-0.1, -0.05) is 20.8 Å². The van der Waals surface area contributed by atoms with Gasteiger partial charge in [-0.2, -0.15) is 0 Å². The van der Waals surface area contributed by atoms with Crippen LogP contribution in [-0.4, -0.2) is 19.3 Å². The monoisotopic (exact) mass is 224 g/mol. The summed E-state index contributed by atoms with van der Waals surface area (Å²) in [6.45, 7) is 6.29. The third-order valence-electron chi connectivity index (χ3n) is 2.58. The number of benzene rings is 1. The van der Waals surface area contributed by atoms with Crippen LogP contribution in [-0.2, 0) is 12.0 Å². The topological polar surface area (TPSA) is 38.7 Å². The summed E-state index contributed by atoms with van der Waals surface area (Å²) in [6.07, 6.45) is 0. The lowest BCUT2D eigenvalue weighted by Crippen LogP contribution is -2.13. The van der Waals surface area contributed by atoms with Gasteiger partial charge < -0.3 is 14.6 Å². The van der Waals surface area contributed by atoms with Crippen molar-refractivity contribution in [1.82, 2.24) is 0 Å². The van der Waals surface area contributed by atoms with Crippen LogP contribution >= 0.6 is 0 Å². The van der Waals surface area contributed by atoms with E-state index in [1.807, 2.05) is 12.1 Å². The lowest BCUT2D eigenvalue weighted by Gasteiger charge is -2.23. The summed E-state index contributed by atoms with van der Waals surface area (Å²) in [5, 5.41) is 9.23. The maximum Gasteiger partial charge on any atom is 0.124 e. The highest BCUT2D eigenvalue weighted by atomic mass is 16.5. The van der Waals surface area contributed by atoms with Gasteiger partial charge in [0.2, 0.25) is 0 Å². The minimum absolute atomic E-state index is 0.0212. The molecular weight excluding hydrogens is 204 g/mol. The Bertz CT molecular complexity index is 364. The van der Waals surface area contributed by atoms with E-state index in [0.717, 1.165) is 16.9 Å². The number of methoxy groups -OCH3 is 2. The van der Waals surface area contributed by atoms with Crippen molar-refractivity contribution in [2.75, 3.05) is 14.2 Å². The van der Waals surface area contributed by atoms with Crippen LogP contribution in [0.5, 0.6) is 11.5 Å². The molecule has 90 valence electrons. The van der Waals surface area contributed by atoms with Crippen LogP contribution in [0.15, 0.2) is 12.1 Å². The molecule has 3 heteroatoms. The van der Waals surface area contributed by atoms with Crippen LogP contribution in [0.1, 0.15) is 31.9 Å². The number of ether oxygens (including phenoxy) is 2. The zero-order valence-electron chi connectivity index (χ0n) is 10.6. The molecule has 0 aromatic heterocycles. The average Bonchev–Trinajstić information content (AvgIpc) is 2.25.